The molecular weight excluding hydrogens is 192 g/mol. The molecule has 0 saturated carbocycles. The van der Waals surface area contributed by atoms with Gasteiger partial charge in [0.05, 0.1) is 6.61 Å². The van der Waals surface area contributed by atoms with E-state index in [1.165, 1.54) is 0 Å². The first kappa shape index (κ1) is 11.3. The molecule has 0 aliphatic heterocycles. The van der Waals surface area contributed by atoms with Crippen molar-refractivity contribution in [1.29, 1.82) is 5.26 Å². The largest absolute Gasteiger partial charge is 0.491 e. The lowest BCUT2D eigenvalue weighted by atomic mass is 10.3. The highest BCUT2D eigenvalue weighted by molar-refractivity contribution is 5.48. The Labute approximate surface area is 89.4 Å². The number of benzene rings is 1. The molecule has 1 rings (SSSR count). The van der Waals surface area contributed by atoms with Gasteiger partial charge in [-0.2, -0.15) is 5.26 Å². The molecule has 1 aromatic rings. The molecule has 0 bridgehead atoms. The van der Waals surface area contributed by atoms with Gasteiger partial charge in [-0.1, -0.05) is 0 Å². The summed E-state index contributed by atoms with van der Waals surface area (Å²) in [5, 5.41) is 10.9. The number of nitriles is 1. The first-order valence-corrected chi connectivity index (χ1v) is 4.82. The average molecular weight is 206 g/mol. The van der Waals surface area contributed by atoms with Gasteiger partial charge in [-0.15, -0.1) is 0 Å². The van der Waals surface area contributed by atoms with E-state index in [9.17, 15) is 0 Å². The van der Waals surface area contributed by atoms with E-state index in [2.05, 4.69) is 5.32 Å². The van der Waals surface area contributed by atoms with Crippen LogP contribution in [0.4, 0.5) is 5.69 Å². The first-order chi connectivity index (χ1) is 7.36. The summed E-state index contributed by atoms with van der Waals surface area (Å²) >= 11 is 0. The molecule has 80 valence electrons. The Morgan fingerprint density at radius 2 is 2.00 bits per heavy atom. The second-order valence-electron chi connectivity index (χ2n) is 2.81. The van der Waals surface area contributed by atoms with Gasteiger partial charge >= 0.3 is 0 Å². The summed E-state index contributed by atoms with van der Waals surface area (Å²) in [5.74, 6) is 0.776. The summed E-state index contributed by atoms with van der Waals surface area (Å²) in [6.45, 7) is 3.78. The number of nitrogens with zero attached hydrogens (tertiary/aromatic N) is 1. The summed E-state index contributed by atoms with van der Waals surface area (Å²) in [7, 11) is 0. The molecule has 0 radical (unpaired) electrons. The number of anilines is 1. The van der Waals surface area contributed by atoms with E-state index in [-0.39, 0.29) is 0 Å². The normalized spacial score (nSPS) is 9.33. The molecule has 0 saturated heterocycles. The molecule has 4 heteroatoms. The van der Waals surface area contributed by atoms with Crippen LogP contribution in [0, 0.1) is 11.5 Å². The zero-order chi connectivity index (χ0) is 10.9. The van der Waals surface area contributed by atoms with Crippen molar-refractivity contribution in [1.82, 2.24) is 0 Å². The standard InChI is InChI=1S/C11H14N2O2/c1-2-14-7-8-15-11-5-3-10(4-6-11)13-9-12/h3-6,13H,2,7-8H2,1H3. The van der Waals surface area contributed by atoms with Gasteiger partial charge in [-0.25, -0.2) is 0 Å². The Morgan fingerprint density at radius 3 is 2.60 bits per heavy atom. The van der Waals surface area contributed by atoms with Gasteiger partial charge < -0.3 is 9.47 Å². The first-order valence-electron chi connectivity index (χ1n) is 4.82. The highest BCUT2D eigenvalue weighted by atomic mass is 16.5. The third-order valence-corrected chi connectivity index (χ3v) is 1.76. The number of hydrogen-bond acceptors (Lipinski definition) is 4. The Kier molecular flexibility index (Phi) is 5.06. The van der Waals surface area contributed by atoms with E-state index >= 15 is 0 Å². The molecule has 15 heavy (non-hydrogen) atoms. The predicted molar refractivity (Wildman–Crippen MR) is 57.7 cm³/mol. The van der Waals surface area contributed by atoms with Gasteiger partial charge in [0.1, 0.15) is 12.4 Å². The summed E-state index contributed by atoms with van der Waals surface area (Å²) in [6, 6.07) is 7.20. The van der Waals surface area contributed by atoms with Crippen molar-refractivity contribution in [3.05, 3.63) is 24.3 Å². The Hall–Kier alpha value is -1.73. The average Bonchev–Trinajstić information content (AvgIpc) is 2.27. The molecule has 0 aliphatic rings. The van der Waals surface area contributed by atoms with Gasteiger partial charge in [0.2, 0.25) is 0 Å². The van der Waals surface area contributed by atoms with Crippen molar-refractivity contribution in [2.75, 3.05) is 25.1 Å². The molecule has 0 aromatic heterocycles. The SMILES string of the molecule is CCOCCOc1ccc(NC#N)cc1. The number of rotatable bonds is 6. The van der Waals surface area contributed by atoms with E-state index < -0.39 is 0 Å². The number of nitrogens with one attached hydrogen (secondary N) is 1. The molecule has 0 aliphatic carbocycles. The van der Waals surface area contributed by atoms with Crippen LogP contribution in [0.3, 0.4) is 0 Å². The summed E-state index contributed by atoms with van der Waals surface area (Å²) in [6.07, 6.45) is 1.85. The lowest BCUT2D eigenvalue weighted by Gasteiger charge is -2.06. The molecule has 0 amide bonds. The van der Waals surface area contributed by atoms with Gasteiger partial charge in [-0.05, 0) is 31.2 Å². The third-order valence-electron chi connectivity index (χ3n) is 1.76. The van der Waals surface area contributed by atoms with Crippen molar-refractivity contribution in [3.63, 3.8) is 0 Å². The maximum Gasteiger partial charge on any atom is 0.181 e. The molecule has 1 aromatic carbocycles. The second kappa shape index (κ2) is 6.68. The molecule has 1 N–H and O–H groups in total. The maximum absolute atomic E-state index is 8.38. The van der Waals surface area contributed by atoms with Crippen LogP contribution in [0.2, 0.25) is 0 Å². The quantitative estimate of drug-likeness (QED) is 0.439. The van der Waals surface area contributed by atoms with Gasteiger partial charge in [0, 0.05) is 12.3 Å². The zero-order valence-electron chi connectivity index (χ0n) is 8.69. The fraction of sp³-hybridized carbons (Fsp3) is 0.364. The van der Waals surface area contributed by atoms with Crippen molar-refractivity contribution >= 4 is 5.69 Å². The van der Waals surface area contributed by atoms with Gasteiger partial charge in [0.15, 0.2) is 6.19 Å². The van der Waals surface area contributed by atoms with Crippen LogP contribution in [-0.2, 0) is 4.74 Å². The van der Waals surface area contributed by atoms with Gasteiger partial charge in [-0.3, -0.25) is 5.32 Å². The third kappa shape index (κ3) is 4.34. The molecule has 4 nitrogen and oxygen atoms in total. The van der Waals surface area contributed by atoms with E-state index in [1.807, 2.05) is 25.2 Å². The van der Waals surface area contributed by atoms with Crippen LogP contribution in [0.15, 0.2) is 24.3 Å². The molecule has 0 unspecified atom stereocenters. The minimum Gasteiger partial charge on any atom is -0.491 e. The molecule has 0 spiro atoms. The molecule has 0 atom stereocenters. The smallest absolute Gasteiger partial charge is 0.181 e. The van der Waals surface area contributed by atoms with Gasteiger partial charge in [0.25, 0.3) is 0 Å². The van der Waals surface area contributed by atoms with Crippen LogP contribution >= 0.6 is 0 Å². The van der Waals surface area contributed by atoms with E-state index in [0.717, 1.165) is 11.4 Å². The van der Waals surface area contributed by atoms with Crippen molar-refractivity contribution in [2.45, 2.75) is 6.92 Å². The van der Waals surface area contributed by atoms with Crippen molar-refractivity contribution < 1.29 is 9.47 Å². The minimum atomic E-state index is 0.541. The zero-order valence-corrected chi connectivity index (χ0v) is 8.69. The number of hydrogen-bond donors (Lipinski definition) is 1. The van der Waals surface area contributed by atoms with Crippen molar-refractivity contribution in [2.24, 2.45) is 0 Å². The second-order valence-corrected chi connectivity index (χ2v) is 2.81. The molecule has 0 heterocycles. The fourth-order valence-electron chi connectivity index (χ4n) is 1.06. The number of ether oxygens (including phenoxy) is 2. The topological polar surface area (TPSA) is 54.3 Å². The summed E-state index contributed by atoms with van der Waals surface area (Å²) in [5.41, 5.74) is 0.759. The Morgan fingerprint density at radius 1 is 1.27 bits per heavy atom. The molecule has 0 fully saturated rings. The van der Waals surface area contributed by atoms with E-state index in [0.29, 0.717) is 19.8 Å². The lowest BCUT2D eigenvalue weighted by molar-refractivity contribution is 0.110. The van der Waals surface area contributed by atoms with Crippen LogP contribution in [0.5, 0.6) is 5.75 Å². The minimum absolute atomic E-state index is 0.541. The predicted octanol–water partition coefficient (Wildman–Crippen LogP) is 1.99. The summed E-state index contributed by atoms with van der Waals surface area (Å²) in [4.78, 5) is 0. The highest BCUT2D eigenvalue weighted by Gasteiger charge is 1.94. The van der Waals surface area contributed by atoms with Crippen LogP contribution < -0.4 is 10.1 Å². The van der Waals surface area contributed by atoms with E-state index in [4.69, 9.17) is 14.7 Å². The van der Waals surface area contributed by atoms with Crippen LogP contribution in [0.25, 0.3) is 0 Å². The lowest BCUT2D eigenvalue weighted by Crippen LogP contribution is -2.06. The molecular formula is C11H14N2O2. The maximum atomic E-state index is 8.38. The monoisotopic (exact) mass is 206 g/mol. The van der Waals surface area contributed by atoms with E-state index in [1.54, 1.807) is 12.1 Å². The summed E-state index contributed by atoms with van der Waals surface area (Å²) < 4.78 is 10.5. The Bertz CT molecular complexity index is 316. The van der Waals surface area contributed by atoms with Crippen LogP contribution in [-0.4, -0.2) is 19.8 Å². The van der Waals surface area contributed by atoms with Crippen molar-refractivity contribution in [3.8, 4) is 11.9 Å². The fourth-order valence-corrected chi connectivity index (χ4v) is 1.06. The van der Waals surface area contributed by atoms with Crippen LogP contribution in [0.1, 0.15) is 6.92 Å². The Balaban J connectivity index is 2.33. The highest BCUT2D eigenvalue weighted by Crippen LogP contribution is 2.14.